The van der Waals surface area contributed by atoms with E-state index in [4.69, 9.17) is 0 Å². The number of hydrogen-bond acceptors (Lipinski definition) is 1. The van der Waals surface area contributed by atoms with Crippen LogP contribution in [0.5, 0.6) is 0 Å². The van der Waals surface area contributed by atoms with Gasteiger partial charge in [0, 0.05) is 6.04 Å². The molecule has 0 aliphatic heterocycles. The molecule has 0 fully saturated rings. The Bertz CT molecular complexity index is 358. The zero-order valence-electron chi connectivity index (χ0n) is 10.3. The highest BCUT2D eigenvalue weighted by Crippen LogP contribution is 2.16. The second-order valence-electron chi connectivity index (χ2n) is 4.04. The third-order valence-corrected chi connectivity index (χ3v) is 2.69. The van der Waals surface area contributed by atoms with Crippen molar-refractivity contribution in [3.63, 3.8) is 0 Å². The van der Waals surface area contributed by atoms with Crippen molar-refractivity contribution >= 4 is 0 Å². The van der Waals surface area contributed by atoms with E-state index in [1.54, 1.807) is 13.0 Å². The Hall–Kier alpha value is -1.15. The zero-order valence-corrected chi connectivity index (χ0v) is 10.3. The maximum absolute atomic E-state index is 13.3. The number of halogens is 1. The number of aryl methyl sites for hydroxylation is 1. The van der Waals surface area contributed by atoms with Crippen molar-refractivity contribution in [1.29, 1.82) is 0 Å². The Balaban J connectivity index is 2.52. The van der Waals surface area contributed by atoms with Crippen LogP contribution in [0.15, 0.2) is 30.4 Å². The molecule has 1 rings (SSSR count). The van der Waals surface area contributed by atoms with Crippen LogP contribution in [0.25, 0.3) is 0 Å². The minimum atomic E-state index is -0.125. The summed E-state index contributed by atoms with van der Waals surface area (Å²) in [5.74, 6) is -0.125. The van der Waals surface area contributed by atoms with Gasteiger partial charge in [0.25, 0.3) is 0 Å². The smallest absolute Gasteiger partial charge is 0.126 e. The molecule has 0 saturated carbocycles. The molecule has 1 unspecified atom stereocenters. The van der Waals surface area contributed by atoms with E-state index in [0.717, 1.165) is 18.5 Å². The number of rotatable bonds is 5. The van der Waals surface area contributed by atoms with Gasteiger partial charge in [0.05, 0.1) is 0 Å². The molecule has 0 spiro atoms. The lowest BCUT2D eigenvalue weighted by Gasteiger charge is -2.14. The number of allylic oxidation sites excluding steroid dienone is 1. The van der Waals surface area contributed by atoms with E-state index in [1.165, 1.54) is 0 Å². The lowest BCUT2D eigenvalue weighted by molar-refractivity contribution is 0.568. The summed E-state index contributed by atoms with van der Waals surface area (Å²) in [7, 11) is 0. The van der Waals surface area contributed by atoms with Gasteiger partial charge in [-0.15, -0.1) is 0 Å². The van der Waals surface area contributed by atoms with E-state index < -0.39 is 0 Å². The summed E-state index contributed by atoms with van der Waals surface area (Å²) >= 11 is 0. The Morgan fingerprint density at radius 2 is 2.19 bits per heavy atom. The molecule has 0 aromatic heterocycles. The highest BCUT2D eigenvalue weighted by molar-refractivity contribution is 5.25. The van der Waals surface area contributed by atoms with E-state index in [0.29, 0.717) is 5.56 Å². The van der Waals surface area contributed by atoms with Crippen molar-refractivity contribution in [2.75, 3.05) is 6.54 Å². The molecule has 1 aromatic rings. The minimum absolute atomic E-state index is 0.125. The van der Waals surface area contributed by atoms with Gasteiger partial charge in [-0.3, -0.25) is 0 Å². The van der Waals surface area contributed by atoms with Gasteiger partial charge in [-0.25, -0.2) is 4.39 Å². The van der Waals surface area contributed by atoms with Gasteiger partial charge in [0.15, 0.2) is 0 Å². The summed E-state index contributed by atoms with van der Waals surface area (Å²) in [6.45, 7) is 6.77. The average molecular weight is 221 g/mol. The van der Waals surface area contributed by atoms with Gasteiger partial charge in [-0.2, -0.15) is 0 Å². The van der Waals surface area contributed by atoms with E-state index in [-0.39, 0.29) is 11.9 Å². The van der Waals surface area contributed by atoms with Crippen molar-refractivity contribution in [1.82, 2.24) is 5.32 Å². The number of hydrogen-bond donors (Lipinski definition) is 1. The molecule has 1 N–H and O–H groups in total. The topological polar surface area (TPSA) is 12.0 Å². The molecule has 88 valence electrons. The molecule has 16 heavy (non-hydrogen) atoms. The number of benzene rings is 1. The predicted molar refractivity (Wildman–Crippen MR) is 67.0 cm³/mol. The fraction of sp³-hybridized carbons (Fsp3) is 0.429. The molecule has 0 radical (unpaired) electrons. The largest absolute Gasteiger partial charge is 0.310 e. The van der Waals surface area contributed by atoms with Gasteiger partial charge in [-0.1, -0.05) is 24.3 Å². The lowest BCUT2D eigenvalue weighted by Crippen LogP contribution is -2.19. The Labute approximate surface area is 97.4 Å². The second-order valence-corrected chi connectivity index (χ2v) is 4.04. The summed E-state index contributed by atoms with van der Waals surface area (Å²) in [6, 6.07) is 5.61. The van der Waals surface area contributed by atoms with Crippen molar-refractivity contribution in [3.8, 4) is 0 Å². The van der Waals surface area contributed by atoms with Gasteiger partial charge in [0.1, 0.15) is 5.82 Å². The molecule has 0 saturated heterocycles. The van der Waals surface area contributed by atoms with Crippen molar-refractivity contribution < 1.29 is 4.39 Å². The van der Waals surface area contributed by atoms with Crippen molar-refractivity contribution in [2.24, 2.45) is 0 Å². The van der Waals surface area contributed by atoms with Gasteiger partial charge < -0.3 is 5.32 Å². The predicted octanol–water partition coefficient (Wildman–Crippen LogP) is 3.75. The molecule has 0 aliphatic rings. The Kier molecular flexibility index (Phi) is 5.20. The molecule has 1 nitrogen and oxygen atoms in total. The summed E-state index contributed by atoms with van der Waals surface area (Å²) in [4.78, 5) is 0. The summed E-state index contributed by atoms with van der Waals surface area (Å²) in [5, 5.41) is 3.36. The van der Waals surface area contributed by atoms with Crippen LogP contribution in [0.1, 0.15) is 37.4 Å². The molecule has 2 heteroatoms. The molecule has 0 heterocycles. The van der Waals surface area contributed by atoms with Crippen LogP contribution in [0, 0.1) is 12.7 Å². The highest BCUT2D eigenvalue weighted by Gasteiger charge is 2.06. The van der Waals surface area contributed by atoms with E-state index in [2.05, 4.69) is 18.3 Å². The van der Waals surface area contributed by atoms with Crippen molar-refractivity contribution in [2.45, 2.75) is 33.2 Å². The molecule has 0 aliphatic carbocycles. The van der Waals surface area contributed by atoms with E-state index in [1.807, 2.05) is 25.1 Å². The Morgan fingerprint density at radius 3 is 2.81 bits per heavy atom. The molecule has 0 bridgehead atoms. The van der Waals surface area contributed by atoms with Gasteiger partial charge in [0.2, 0.25) is 0 Å². The second kappa shape index (κ2) is 6.44. The van der Waals surface area contributed by atoms with Crippen LogP contribution in [0.3, 0.4) is 0 Å². The van der Waals surface area contributed by atoms with Crippen LogP contribution >= 0.6 is 0 Å². The Morgan fingerprint density at radius 1 is 1.44 bits per heavy atom. The SMILES string of the molecule is C/C=C/CCNC(C)c1ccc(C)c(F)c1. The molecule has 0 amide bonds. The van der Waals surface area contributed by atoms with Gasteiger partial charge in [-0.05, 0) is 50.9 Å². The summed E-state index contributed by atoms with van der Waals surface area (Å²) in [5.41, 5.74) is 1.70. The lowest BCUT2D eigenvalue weighted by atomic mass is 10.1. The average Bonchev–Trinajstić information content (AvgIpc) is 2.28. The zero-order chi connectivity index (χ0) is 12.0. The van der Waals surface area contributed by atoms with Crippen LogP contribution in [0.2, 0.25) is 0 Å². The maximum atomic E-state index is 13.3. The third kappa shape index (κ3) is 3.78. The highest BCUT2D eigenvalue weighted by atomic mass is 19.1. The normalized spacial score (nSPS) is 13.2. The first-order chi connectivity index (χ1) is 7.65. The van der Waals surface area contributed by atoms with Crippen LogP contribution in [-0.4, -0.2) is 6.54 Å². The molecule has 1 atom stereocenters. The van der Waals surface area contributed by atoms with E-state index in [9.17, 15) is 4.39 Å². The minimum Gasteiger partial charge on any atom is -0.310 e. The molecular weight excluding hydrogens is 201 g/mol. The third-order valence-electron chi connectivity index (χ3n) is 2.69. The van der Waals surface area contributed by atoms with E-state index >= 15 is 0 Å². The standard InChI is InChI=1S/C14H20FN/c1-4-5-6-9-16-12(3)13-8-7-11(2)14(15)10-13/h4-5,7-8,10,12,16H,6,9H2,1-3H3/b5-4+. The van der Waals surface area contributed by atoms with Gasteiger partial charge >= 0.3 is 0 Å². The summed E-state index contributed by atoms with van der Waals surface area (Å²) < 4.78 is 13.3. The first-order valence-electron chi connectivity index (χ1n) is 5.75. The first-order valence-corrected chi connectivity index (χ1v) is 5.75. The fourth-order valence-electron chi connectivity index (χ4n) is 1.55. The summed E-state index contributed by atoms with van der Waals surface area (Å²) in [6.07, 6.45) is 5.17. The van der Waals surface area contributed by atoms with Crippen LogP contribution in [-0.2, 0) is 0 Å². The quantitative estimate of drug-likeness (QED) is 0.590. The fourth-order valence-corrected chi connectivity index (χ4v) is 1.55. The first kappa shape index (κ1) is 12.9. The monoisotopic (exact) mass is 221 g/mol. The van der Waals surface area contributed by atoms with Crippen LogP contribution in [0.4, 0.5) is 4.39 Å². The van der Waals surface area contributed by atoms with Crippen LogP contribution < -0.4 is 5.32 Å². The molecule has 1 aromatic carbocycles. The van der Waals surface area contributed by atoms with Crippen molar-refractivity contribution in [3.05, 3.63) is 47.3 Å². The molecular formula is C14H20FN. The number of nitrogens with one attached hydrogen (secondary N) is 1. The maximum Gasteiger partial charge on any atom is 0.126 e.